The summed E-state index contributed by atoms with van der Waals surface area (Å²) >= 11 is 0. The average Bonchev–Trinajstić information content (AvgIpc) is 2.84. The number of hydrogen-bond donors (Lipinski definition) is 2. The monoisotopic (exact) mass is 436 g/mol. The highest BCUT2D eigenvalue weighted by atomic mass is 16.5. The number of hydrogen-bond acceptors (Lipinski definition) is 9. The highest BCUT2D eigenvalue weighted by Gasteiger charge is 2.15. The molecule has 0 unspecified atom stereocenters. The average molecular weight is 437 g/mol. The Morgan fingerprint density at radius 2 is 1.84 bits per heavy atom. The lowest BCUT2D eigenvalue weighted by molar-refractivity contribution is 0.0337. The maximum Gasteiger partial charge on any atom is 0.339 e. The third-order valence-electron chi connectivity index (χ3n) is 5.24. The molecule has 1 aliphatic heterocycles. The molecule has 3 aromatic rings. The molecule has 1 saturated heterocycles. The van der Waals surface area contributed by atoms with E-state index in [9.17, 15) is 4.79 Å². The third-order valence-corrected chi connectivity index (χ3v) is 5.24. The molecule has 1 aliphatic rings. The Kier molecular flexibility index (Phi) is 7.42. The molecular weight excluding hydrogens is 408 g/mol. The number of nitrogens with zero attached hydrogens (tertiary/aromatic N) is 4. The zero-order chi connectivity index (χ0) is 22.2. The number of benzene rings is 1. The van der Waals surface area contributed by atoms with Gasteiger partial charge in [0.25, 0.3) is 0 Å². The van der Waals surface area contributed by atoms with E-state index in [2.05, 4.69) is 42.8 Å². The van der Waals surface area contributed by atoms with E-state index in [0.717, 1.165) is 55.1 Å². The number of aromatic nitrogens is 3. The SMILES string of the molecule is CCOC(=O)c1ccc(NCCNc2nnc(CN3CCOCC3)c3ccccc23)nc1. The number of fused-ring (bicyclic) bond motifs is 1. The first-order valence-corrected chi connectivity index (χ1v) is 10.9. The zero-order valence-electron chi connectivity index (χ0n) is 18.2. The fraction of sp³-hybridized carbons (Fsp3) is 0.391. The molecule has 4 rings (SSSR count). The molecule has 0 atom stereocenters. The second-order valence-electron chi connectivity index (χ2n) is 7.44. The number of ether oxygens (including phenoxy) is 2. The number of pyridine rings is 1. The van der Waals surface area contributed by atoms with Gasteiger partial charge in [-0.05, 0) is 19.1 Å². The maximum absolute atomic E-state index is 11.7. The molecule has 0 radical (unpaired) electrons. The van der Waals surface area contributed by atoms with Crippen LogP contribution in [0.25, 0.3) is 10.8 Å². The van der Waals surface area contributed by atoms with Gasteiger partial charge >= 0.3 is 5.97 Å². The van der Waals surface area contributed by atoms with Crippen molar-refractivity contribution in [3.8, 4) is 0 Å². The normalized spacial score (nSPS) is 14.3. The molecule has 1 aromatic carbocycles. The third kappa shape index (κ3) is 5.49. The molecule has 1 fully saturated rings. The molecule has 168 valence electrons. The van der Waals surface area contributed by atoms with Crippen LogP contribution in [0.4, 0.5) is 11.6 Å². The summed E-state index contributed by atoms with van der Waals surface area (Å²) in [6.07, 6.45) is 1.51. The van der Waals surface area contributed by atoms with E-state index in [1.807, 2.05) is 12.1 Å². The number of carbonyl (C=O) groups excluding carboxylic acids is 1. The minimum atomic E-state index is -0.365. The van der Waals surface area contributed by atoms with E-state index in [-0.39, 0.29) is 5.97 Å². The summed E-state index contributed by atoms with van der Waals surface area (Å²) in [6, 6.07) is 11.7. The van der Waals surface area contributed by atoms with Crippen LogP contribution in [0.1, 0.15) is 23.0 Å². The van der Waals surface area contributed by atoms with Gasteiger partial charge in [-0.3, -0.25) is 4.90 Å². The Hall–Kier alpha value is -3.30. The summed E-state index contributed by atoms with van der Waals surface area (Å²) < 4.78 is 10.4. The van der Waals surface area contributed by atoms with Crippen LogP contribution in [0.3, 0.4) is 0 Å². The minimum absolute atomic E-state index is 0.344. The van der Waals surface area contributed by atoms with E-state index in [0.29, 0.717) is 31.1 Å². The smallest absolute Gasteiger partial charge is 0.339 e. The van der Waals surface area contributed by atoms with Crippen molar-refractivity contribution in [2.45, 2.75) is 13.5 Å². The van der Waals surface area contributed by atoms with Crippen LogP contribution in [-0.2, 0) is 16.0 Å². The minimum Gasteiger partial charge on any atom is -0.462 e. The lowest BCUT2D eigenvalue weighted by Crippen LogP contribution is -2.36. The summed E-state index contributed by atoms with van der Waals surface area (Å²) in [5.74, 6) is 1.09. The first-order chi connectivity index (χ1) is 15.7. The fourth-order valence-corrected chi connectivity index (χ4v) is 3.58. The molecule has 32 heavy (non-hydrogen) atoms. The standard InChI is InChI=1S/C23H28N6O3/c1-2-32-23(30)17-7-8-21(26-15-17)24-9-10-25-22-19-6-4-3-5-18(19)20(27-28-22)16-29-11-13-31-14-12-29/h3-8,15H,2,9-14,16H2,1H3,(H,24,26)(H,25,28). The Morgan fingerprint density at radius 3 is 2.59 bits per heavy atom. The van der Waals surface area contributed by atoms with Crippen molar-refractivity contribution < 1.29 is 14.3 Å². The Labute approximate surface area is 187 Å². The molecule has 0 amide bonds. The Balaban J connectivity index is 1.34. The lowest BCUT2D eigenvalue weighted by Gasteiger charge is -2.26. The van der Waals surface area contributed by atoms with Crippen molar-refractivity contribution >= 4 is 28.4 Å². The van der Waals surface area contributed by atoms with Gasteiger partial charge in [-0.15, -0.1) is 5.10 Å². The molecule has 9 nitrogen and oxygen atoms in total. The molecule has 0 saturated carbocycles. The van der Waals surface area contributed by atoms with E-state index in [4.69, 9.17) is 9.47 Å². The van der Waals surface area contributed by atoms with Crippen molar-refractivity contribution in [2.24, 2.45) is 0 Å². The predicted octanol–water partition coefficient (Wildman–Crippen LogP) is 2.56. The van der Waals surface area contributed by atoms with Gasteiger partial charge < -0.3 is 20.1 Å². The summed E-state index contributed by atoms with van der Waals surface area (Å²) in [6.45, 7) is 7.52. The second-order valence-corrected chi connectivity index (χ2v) is 7.44. The zero-order valence-corrected chi connectivity index (χ0v) is 18.2. The van der Waals surface area contributed by atoms with Crippen LogP contribution in [0, 0.1) is 0 Å². The fourth-order valence-electron chi connectivity index (χ4n) is 3.58. The number of esters is 1. The van der Waals surface area contributed by atoms with E-state index in [1.165, 1.54) is 6.20 Å². The molecular formula is C23H28N6O3. The predicted molar refractivity (Wildman–Crippen MR) is 123 cm³/mol. The van der Waals surface area contributed by atoms with E-state index in [1.54, 1.807) is 19.1 Å². The van der Waals surface area contributed by atoms with Crippen LogP contribution in [-0.4, -0.2) is 72.1 Å². The first-order valence-electron chi connectivity index (χ1n) is 10.9. The quantitative estimate of drug-likeness (QED) is 0.387. The number of anilines is 2. The Bertz CT molecular complexity index is 1040. The first kappa shape index (κ1) is 21.9. The van der Waals surface area contributed by atoms with Gasteiger partial charge in [-0.25, -0.2) is 9.78 Å². The van der Waals surface area contributed by atoms with Crippen molar-refractivity contribution in [1.82, 2.24) is 20.1 Å². The highest BCUT2D eigenvalue weighted by Crippen LogP contribution is 2.24. The summed E-state index contributed by atoms with van der Waals surface area (Å²) in [4.78, 5) is 18.3. The van der Waals surface area contributed by atoms with Gasteiger partial charge in [-0.2, -0.15) is 5.10 Å². The summed E-state index contributed by atoms with van der Waals surface area (Å²) in [5, 5.41) is 17.7. The molecule has 0 spiro atoms. The largest absolute Gasteiger partial charge is 0.462 e. The van der Waals surface area contributed by atoms with Gasteiger partial charge in [-0.1, -0.05) is 24.3 Å². The van der Waals surface area contributed by atoms with E-state index >= 15 is 0 Å². The van der Waals surface area contributed by atoms with Gasteiger partial charge in [0.05, 0.1) is 31.1 Å². The number of rotatable bonds is 9. The lowest BCUT2D eigenvalue weighted by atomic mass is 10.1. The summed E-state index contributed by atoms with van der Waals surface area (Å²) in [7, 11) is 0. The van der Waals surface area contributed by atoms with Gasteiger partial charge in [0.2, 0.25) is 0 Å². The number of nitrogens with one attached hydrogen (secondary N) is 2. The van der Waals surface area contributed by atoms with Crippen LogP contribution in [0.2, 0.25) is 0 Å². The van der Waals surface area contributed by atoms with Crippen LogP contribution in [0.5, 0.6) is 0 Å². The van der Waals surface area contributed by atoms with Crippen molar-refractivity contribution in [3.05, 3.63) is 53.9 Å². The molecule has 2 N–H and O–H groups in total. The van der Waals surface area contributed by atoms with Crippen LogP contribution < -0.4 is 10.6 Å². The molecule has 2 aromatic heterocycles. The topological polar surface area (TPSA) is 102 Å². The summed E-state index contributed by atoms with van der Waals surface area (Å²) in [5.41, 5.74) is 1.42. The molecule has 9 heteroatoms. The van der Waals surface area contributed by atoms with Gasteiger partial charge in [0.15, 0.2) is 5.82 Å². The van der Waals surface area contributed by atoms with Crippen molar-refractivity contribution in [3.63, 3.8) is 0 Å². The van der Waals surface area contributed by atoms with Crippen molar-refractivity contribution in [2.75, 3.05) is 56.6 Å². The van der Waals surface area contributed by atoms with Crippen molar-refractivity contribution in [1.29, 1.82) is 0 Å². The van der Waals surface area contributed by atoms with Gasteiger partial charge in [0, 0.05) is 49.7 Å². The molecule has 0 aliphatic carbocycles. The molecule has 0 bridgehead atoms. The second kappa shape index (κ2) is 10.8. The number of carbonyl (C=O) groups is 1. The van der Waals surface area contributed by atoms with Crippen LogP contribution in [0.15, 0.2) is 42.6 Å². The maximum atomic E-state index is 11.7. The Morgan fingerprint density at radius 1 is 1.06 bits per heavy atom. The highest BCUT2D eigenvalue weighted by molar-refractivity contribution is 5.93. The van der Waals surface area contributed by atoms with Gasteiger partial charge in [0.1, 0.15) is 5.82 Å². The van der Waals surface area contributed by atoms with E-state index < -0.39 is 0 Å². The number of morpholine rings is 1. The van der Waals surface area contributed by atoms with Crippen LogP contribution >= 0.6 is 0 Å². The molecule has 3 heterocycles.